The van der Waals surface area contributed by atoms with Gasteiger partial charge in [0.15, 0.2) is 5.69 Å². The molecule has 1 heterocycles. The standard InChI is InChI=1S/C15H16N4O3/c1-9(2)11-6-3-10(4-7-11)5-8-12-13(19(21)22)14(20)18-15(16)17-12/h3-9H,1-2H3,(H3,16,17,18,20)/b8-5-. The summed E-state index contributed by atoms with van der Waals surface area (Å²) in [5, 5.41) is 11.0. The Bertz CT molecular complexity index is 776. The Morgan fingerprint density at radius 1 is 1.27 bits per heavy atom. The number of H-pyrrole nitrogens is 1. The van der Waals surface area contributed by atoms with E-state index in [0.29, 0.717) is 5.92 Å². The molecule has 0 atom stereocenters. The van der Waals surface area contributed by atoms with Gasteiger partial charge >= 0.3 is 11.2 Å². The van der Waals surface area contributed by atoms with Crippen LogP contribution in [-0.4, -0.2) is 14.9 Å². The van der Waals surface area contributed by atoms with Gasteiger partial charge in [-0.05, 0) is 23.1 Å². The van der Waals surface area contributed by atoms with E-state index in [-0.39, 0.29) is 11.6 Å². The van der Waals surface area contributed by atoms with Crippen molar-refractivity contribution in [1.82, 2.24) is 9.97 Å². The predicted molar refractivity (Wildman–Crippen MR) is 85.4 cm³/mol. The second-order valence-corrected chi connectivity index (χ2v) is 5.10. The lowest BCUT2D eigenvalue weighted by atomic mass is 10.0. The highest BCUT2D eigenvalue weighted by atomic mass is 16.6. The molecule has 0 saturated heterocycles. The average Bonchev–Trinajstić information content (AvgIpc) is 2.44. The predicted octanol–water partition coefficient (Wildman–Crippen LogP) is 2.55. The molecule has 0 fully saturated rings. The van der Waals surface area contributed by atoms with Crippen molar-refractivity contribution in [1.29, 1.82) is 0 Å². The number of rotatable bonds is 4. The Labute approximate surface area is 126 Å². The van der Waals surface area contributed by atoms with Crippen LogP contribution in [0.2, 0.25) is 0 Å². The molecule has 0 aliphatic carbocycles. The van der Waals surface area contributed by atoms with Crippen molar-refractivity contribution in [2.45, 2.75) is 19.8 Å². The first-order valence-electron chi connectivity index (χ1n) is 6.70. The fourth-order valence-electron chi connectivity index (χ4n) is 1.96. The number of aromatic nitrogens is 2. The number of nitrogens with zero attached hydrogens (tertiary/aromatic N) is 2. The maximum Gasteiger partial charge on any atom is 0.359 e. The first-order chi connectivity index (χ1) is 10.4. The molecule has 0 unspecified atom stereocenters. The summed E-state index contributed by atoms with van der Waals surface area (Å²) >= 11 is 0. The van der Waals surface area contributed by atoms with E-state index < -0.39 is 16.2 Å². The van der Waals surface area contributed by atoms with Gasteiger partial charge in [-0.25, -0.2) is 4.98 Å². The van der Waals surface area contributed by atoms with Crippen LogP contribution in [0.25, 0.3) is 12.2 Å². The van der Waals surface area contributed by atoms with Crippen LogP contribution in [0.1, 0.15) is 36.6 Å². The second kappa shape index (κ2) is 6.21. The Kier molecular flexibility index (Phi) is 4.36. The zero-order valence-electron chi connectivity index (χ0n) is 12.2. The van der Waals surface area contributed by atoms with E-state index in [1.807, 2.05) is 24.3 Å². The minimum atomic E-state index is -0.868. The van der Waals surface area contributed by atoms with Gasteiger partial charge in [-0.2, -0.15) is 0 Å². The van der Waals surface area contributed by atoms with Crippen molar-refractivity contribution in [2.24, 2.45) is 0 Å². The van der Waals surface area contributed by atoms with Gasteiger partial charge in [0.1, 0.15) is 0 Å². The summed E-state index contributed by atoms with van der Waals surface area (Å²) in [4.78, 5) is 27.7. The molecule has 1 aromatic heterocycles. The minimum Gasteiger partial charge on any atom is -0.369 e. The van der Waals surface area contributed by atoms with E-state index in [2.05, 4.69) is 23.8 Å². The monoisotopic (exact) mass is 300 g/mol. The normalized spacial score (nSPS) is 11.2. The average molecular weight is 300 g/mol. The van der Waals surface area contributed by atoms with Crippen LogP contribution in [0.5, 0.6) is 0 Å². The number of nitrogen functional groups attached to an aromatic ring is 1. The van der Waals surface area contributed by atoms with Crippen LogP contribution in [0.3, 0.4) is 0 Å². The van der Waals surface area contributed by atoms with Crippen LogP contribution in [0.15, 0.2) is 29.1 Å². The van der Waals surface area contributed by atoms with Crippen LogP contribution >= 0.6 is 0 Å². The minimum absolute atomic E-state index is 0.0702. The summed E-state index contributed by atoms with van der Waals surface area (Å²) in [6.45, 7) is 4.19. The van der Waals surface area contributed by atoms with Crippen molar-refractivity contribution in [3.8, 4) is 0 Å². The molecule has 0 saturated carbocycles. The zero-order chi connectivity index (χ0) is 16.3. The van der Waals surface area contributed by atoms with Gasteiger partial charge < -0.3 is 5.73 Å². The fourth-order valence-corrected chi connectivity index (χ4v) is 1.96. The third kappa shape index (κ3) is 3.38. The van der Waals surface area contributed by atoms with Gasteiger partial charge in [-0.1, -0.05) is 44.2 Å². The van der Waals surface area contributed by atoms with Crippen LogP contribution in [-0.2, 0) is 0 Å². The lowest BCUT2D eigenvalue weighted by Gasteiger charge is -2.04. The number of nitrogens with one attached hydrogen (secondary N) is 1. The summed E-state index contributed by atoms with van der Waals surface area (Å²) in [6, 6.07) is 7.76. The smallest absolute Gasteiger partial charge is 0.359 e. The van der Waals surface area contributed by atoms with Crippen molar-refractivity contribution in [2.75, 3.05) is 5.73 Å². The van der Waals surface area contributed by atoms with Gasteiger partial charge in [0, 0.05) is 0 Å². The van der Waals surface area contributed by atoms with Gasteiger partial charge in [0.25, 0.3) is 0 Å². The zero-order valence-corrected chi connectivity index (χ0v) is 12.2. The molecule has 2 rings (SSSR count). The molecule has 114 valence electrons. The number of aromatic amines is 1. The summed E-state index contributed by atoms with van der Waals surface area (Å²) in [6.07, 6.45) is 3.06. The molecule has 0 spiro atoms. The molecular formula is C15H16N4O3. The molecular weight excluding hydrogens is 284 g/mol. The molecule has 7 nitrogen and oxygen atoms in total. The topological polar surface area (TPSA) is 115 Å². The Balaban J connectivity index is 2.37. The van der Waals surface area contributed by atoms with E-state index in [1.165, 1.54) is 11.6 Å². The number of nitro groups is 1. The molecule has 2 aromatic rings. The van der Waals surface area contributed by atoms with Gasteiger partial charge in [0.2, 0.25) is 5.95 Å². The van der Waals surface area contributed by atoms with E-state index in [0.717, 1.165) is 5.56 Å². The van der Waals surface area contributed by atoms with Crippen LogP contribution < -0.4 is 11.3 Å². The van der Waals surface area contributed by atoms with Gasteiger partial charge in [0.05, 0.1) is 4.92 Å². The van der Waals surface area contributed by atoms with Crippen molar-refractivity contribution < 1.29 is 4.92 Å². The fraction of sp³-hybridized carbons (Fsp3) is 0.200. The summed E-state index contributed by atoms with van der Waals surface area (Å²) in [5.74, 6) is 0.263. The van der Waals surface area contributed by atoms with Crippen molar-refractivity contribution >= 4 is 23.8 Å². The molecule has 0 bridgehead atoms. The third-order valence-electron chi connectivity index (χ3n) is 3.16. The summed E-state index contributed by atoms with van der Waals surface area (Å²) in [7, 11) is 0. The molecule has 3 N–H and O–H groups in total. The molecule has 0 radical (unpaired) electrons. The van der Waals surface area contributed by atoms with E-state index >= 15 is 0 Å². The number of anilines is 1. The van der Waals surface area contributed by atoms with Crippen LogP contribution in [0, 0.1) is 10.1 Å². The number of hydrogen-bond acceptors (Lipinski definition) is 5. The summed E-state index contributed by atoms with van der Waals surface area (Å²) < 4.78 is 0. The van der Waals surface area contributed by atoms with Crippen molar-refractivity contribution in [3.63, 3.8) is 0 Å². The Hall–Kier alpha value is -2.96. The Morgan fingerprint density at radius 3 is 2.45 bits per heavy atom. The van der Waals surface area contributed by atoms with Crippen LogP contribution in [0.4, 0.5) is 11.6 Å². The molecule has 0 amide bonds. The highest BCUT2D eigenvalue weighted by molar-refractivity contribution is 5.72. The van der Waals surface area contributed by atoms with Gasteiger partial charge in [-0.15, -0.1) is 0 Å². The van der Waals surface area contributed by atoms with Gasteiger partial charge in [-0.3, -0.25) is 19.9 Å². The molecule has 7 heteroatoms. The van der Waals surface area contributed by atoms with E-state index in [4.69, 9.17) is 5.73 Å². The quantitative estimate of drug-likeness (QED) is 0.665. The lowest BCUT2D eigenvalue weighted by molar-refractivity contribution is -0.386. The second-order valence-electron chi connectivity index (χ2n) is 5.10. The first-order valence-corrected chi connectivity index (χ1v) is 6.70. The summed E-state index contributed by atoms with van der Waals surface area (Å²) in [5.41, 5.74) is 5.91. The Morgan fingerprint density at radius 2 is 1.91 bits per heavy atom. The highest BCUT2D eigenvalue weighted by Crippen LogP contribution is 2.18. The number of nitrogens with two attached hydrogens (primary N) is 1. The number of hydrogen-bond donors (Lipinski definition) is 2. The highest BCUT2D eigenvalue weighted by Gasteiger charge is 2.19. The molecule has 22 heavy (non-hydrogen) atoms. The SMILES string of the molecule is CC(C)c1ccc(/C=C\c2nc(N)[nH]c(=O)c2[N+](=O)[O-])cc1. The largest absolute Gasteiger partial charge is 0.369 e. The van der Waals surface area contributed by atoms with E-state index in [9.17, 15) is 14.9 Å². The third-order valence-corrected chi connectivity index (χ3v) is 3.16. The maximum atomic E-state index is 11.6. The molecule has 0 aliphatic rings. The molecule has 1 aromatic carbocycles. The molecule has 0 aliphatic heterocycles. The van der Waals surface area contributed by atoms with Crippen molar-refractivity contribution in [3.05, 3.63) is 61.6 Å². The lowest BCUT2D eigenvalue weighted by Crippen LogP contribution is -2.17. The van der Waals surface area contributed by atoms with E-state index in [1.54, 1.807) is 6.08 Å². The number of benzene rings is 1. The maximum absolute atomic E-state index is 11.6. The first kappa shape index (κ1) is 15.4.